The maximum atomic E-state index is 11.7. The van der Waals surface area contributed by atoms with Gasteiger partial charge in [-0.25, -0.2) is 8.42 Å². The highest BCUT2D eigenvalue weighted by Gasteiger charge is 2.53. The Morgan fingerprint density at radius 2 is 1.80 bits per heavy atom. The molecule has 1 amide bonds. The van der Waals surface area contributed by atoms with E-state index in [9.17, 15) is 13.2 Å². The molecule has 4 rings (SSSR count). The fraction of sp³-hybridized carbons (Fsp3) is 0.682. The Morgan fingerprint density at radius 1 is 1.17 bits per heavy atom. The first-order valence-corrected chi connectivity index (χ1v) is 12.5. The maximum Gasteiger partial charge on any atom is 0.248 e. The molecule has 2 N–H and O–H groups in total. The third-order valence-corrected chi connectivity index (χ3v) is 9.12. The zero-order valence-corrected chi connectivity index (χ0v) is 19.2. The van der Waals surface area contributed by atoms with Crippen molar-refractivity contribution < 1.29 is 17.9 Å². The molecule has 3 aliphatic rings. The Morgan fingerprint density at radius 3 is 2.37 bits per heavy atom. The number of sulfone groups is 1. The van der Waals surface area contributed by atoms with Gasteiger partial charge in [-0.2, -0.15) is 0 Å². The van der Waals surface area contributed by atoms with E-state index < -0.39 is 15.7 Å². The van der Waals surface area contributed by atoms with Crippen molar-refractivity contribution in [3.05, 3.63) is 35.4 Å². The van der Waals surface area contributed by atoms with Crippen molar-refractivity contribution in [3.8, 4) is 0 Å². The van der Waals surface area contributed by atoms with Gasteiger partial charge in [0.25, 0.3) is 0 Å². The van der Waals surface area contributed by atoms with Crippen LogP contribution in [0.1, 0.15) is 48.0 Å². The second kappa shape index (κ2) is 9.15. The fourth-order valence-electron chi connectivity index (χ4n) is 6.00. The normalized spacial score (nSPS) is 31.6. The van der Waals surface area contributed by atoms with E-state index in [-0.39, 0.29) is 18.0 Å². The van der Waals surface area contributed by atoms with Crippen LogP contribution >= 0.6 is 12.4 Å². The first-order valence-electron chi connectivity index (χ1n) is 10.7. The molecule has 2 heterocycles. The molecule has 0 unspecified atom stereocenters. The van der Waals surface area contributed by atoms with Gasteiger partial charge in [-0.3, -0.25) is 4.79 Å². The van der Waals surface area contributed by atoms with Crippen LogP contribution in [0.5, 0.6) is 0 Å². The van der Waals surface area contributed by atoms with Gasteiger partial charge in [0.05, 0.1) is 11.5 Å². The molecule has 2 saturated heterocycles. The fourth-order valence-corrected chi connectivity index (χ4v) is 7.59. The molecule has 168 valence electrons. The summed E-state index contributed by atoms with van der Waals surface area (Å²) in [7, 11) is -1.02. The summed E-state index contributed by atoms with van der Waals surface area (Å²) in [4.78, 5) is 14.3. The average Bonchev–Trinajstić information content (AvgIpc) is 2.69. The average molecular weight is 457 g/mol. The van der Waals surface area contributed by atoms with Gasteiger partial charge >= 0.3 is 0 Å². The van der Waals surface area contributed by atoms with Crippen molar-refractivity contribution in [2.45, 2.75) is 37.7 Å². The molecule has 0 radical (unpaired) electrons. The molecule has 0 aromatic heterocycles. The molecule has 3 fully saturated rings. The van der Waals surface area contributed by atoms with Gasteiger partial charge in [-0.1, -0.05) is 18.6 Å². The lowest BCUT2D eigenvalue weighted by atomic mass is 9.62. The molecule has 1 aromatic rings. The predicted molar refractivity (Wildman–Crippen MR) is 120 cm³/mol. The van der Waals surface area contributed by atoms with Crippen LogP contribution in [-0.2, 0) is 20.2 Å². The van der Waals surface area contributed by atoms with Crippen molar-refractivity contribution >= 4 is 28.2 Å². The van der Waals surface area contributed by atoms with Crippen LogP contribution in [0.15, 0.2) is 24.3 Å². The lowest BCUT2D eigenvalue weighted by molar-refractivity contribution is -0.170. The van der Waals surface area contributed by atoms with Gasteiger partial charge in [0, 0.05) is 44.1 Å². The van der Waals surface area contributed by atoms with E-state index in [0.717, 1.165) is 50.9 Å². The number of rotatable bonds is 5. The predicted octanol–water partition coefficient (Wildman–Crippen LogP) is 2.61. The Kier molecular flexibility index (Phi) is 7.17. The minimum atomic E-state index is -2.82. The van der Waals surface area contributed by atoms with Gasteiger partial charge in [0.2, 0.25) is 5.91 Å². The van der Waals surface area contributed by atoms with Gasteiger partial charge in [-0.05, 0) is 49.3 Å². The number of benzene rings is 1. The molecule has 1 aromatic carbocycles. The molecule has 6 nitrogen and oxygen atoms in total. The number of hydrogen-bond acceptors (Lipinski definition) is 5. The number of primary amides is 1. The number of methoxy groups -OCH3 is 1. The molecule has 2 bridgehead atoms. The van der Waals surface area contributed by atoms with E-state index in [1.165, 1.54) is 6.42 Å². The highest BCUT2D eigenvalue weighted by atomic mass is 35.5. The number of nitrogens with two attached hydrogens (primary N) is 1. The number of fused-ring (bicyclic) bond motifs is 2. The summed E-state index contributed by atoms with van der Waals surface area (Å²) in [5, 5.41) is 0. The summed E-state index contributed by atoms with van der Waals surface area (Å²) in [6.45, 7) is 2.88. The number of nitrogens with zero attached hydrogens (tertiary/aromatic N) is 1. The second-order valence-electron chi connectivity index (χ2n) is 9.08. The van der Waals surface area contributed by atoms with Crippen LogP contribution in [-0.4, -0.2) is 57.5 Å². The number of likely N-dealkylation sites (tertiary alicyclic amines) is 1. The van der Waals surface area contributed by atoms with Crippen molar-refractivity contribution in [1.82, 2.24) is 4.90 Å². The maximum absolute atomic E-state index is 11.7. The standard InChI is InChI=1S/C22H32N2O4S.ClH/c1-28-22(18-5-2-4-17(12-18)21(23)25)19-6-3-7-20(22)15-24(14-19)13-16-8-10-29(26,27)11-9-16;/h2,4-5,12,16,19-20H,3,6-11,13-15H2,1H3,(H2,23,25);1H/t19-,20+,22-;. The van der Waals surface area contributed by atoms with Gasteiger partial charge in [0.15, 0.2) is 0 Å². The van der Waals surface area contributed by atoms with E-state index in [1.807, 2.05) is 12.1 Å². The summed E-state index contributed by atoms with van der Waals surface area (Å²) in [6, 6.07) is 7.65. The number of carbonyl (C=O) groups excluding carboxylic acids is 1. The Balaban J connectivity index is 0.00000256. The van der Waals surface area contributed by atoms with Crippen molar-refractivity contribution in [1.29, 1.82) is 0 Å². The van der Waals surface area contributed by atoms with Crippen LogP contribution < -0.4 is 5.73 Å². The van der Waals surface area contributed by atoms with E-state index >= 15 is 0 Å². The SMILES string of the molecule is CO[C@]1(c2cccc(C(N)=O)c2)[C@@H]2CCC[C@H]1CN(CC1CCS(=O)(=O)CC1)C2.Cl. The van der Waals surface area contributed by atoms with Crippen molar-refractivity contribution in [3.63, 3.8) is 0 Å². The number of piperidine rings is 1. The summed E-state index contributed by atoms with van der Waals surface area (Å²) in [5.41, 5.74) is 6.74. The van der Waals surface area contributed by atoms with Crippen LogP contribution in [0.4, 0.5) is 0 Å². The molecular formula is C22H33ClN2O4S. The highest BCUT2D eigenvalue weighted by molar-refractivity contribution is 7.91. The number of halogens is 1. The summed E-state index contributed by atoms with van der Waals surface area (Å²) < 4.78 is 29.8. The van der Waals surface area contributed by atoms with Crippen LogP contribution in [0.25, 0.3) is 0 Å². The first-order chi connectivity index (χ1) is 13.8. The largest absolute Gasteiger partial charge is 0.373 e. The molecular weight excluding hydrogens is 424 g/mol. The third-order valence-electron chi connectivity index (χ3n) is 7.40. The quantitative estimate of drug-likeness (QED) is 0.735. The first kappa shape index (κ1) is 23.5. The molecule has 1 saturated carbocycles. The lowest BCUT2D eigenvalue weighted by Gasteiger charge is -2.56. The van der Waals surface area contributed by atoms with E-state index in [1.54, 1.807) is 13.2 Å². The van der Waals surface area contributed by atoms with Gasteiger partial charge in [-0.15, -0.1) is 12.4 Å². The second-order valence-corrected chi connectivity index (χ2v) is 11.4. The van der Waals surface area contributed by atoms with Crippen LogP contribution in [0, 0.1) is 17.8 Å². The number of carbonyl (C=O) groups is 1. The molecule has 30 heavy (non-hydrogen) atoms. The lowest BCUT2D eigenvalue weighted by Crippen LogP contribution is -2.59. The molecule has 0 spiro atoms. The monoisotopic (exact) mass is 456 g/mol. The van der Waals surface area contributed by atoms with Gasteiger partial charge in [0.1, 0.15) is 15.4 Å². The molecule has 1 aliphatic carbocycles. The Bertz CT molecular complexity index is 848. The topological polar surface area (TPSA) is 89.7 Å². The molecule has 8 heteroatoms. The van der Waals surface area contributed by atoms with Crippen molar-refractivity contribution in [2.24, 2.45) is 23.5 Å². The minimum absolute atomic E-state index is 0. The van der Waals surface area contributed by atoms with Gasteiger partial charge < -0.3 is 15.4 Å². The third kappa shape index (κ3) is 4.40. The van der Waals surface area contributed by atoms with Crippen LogP contribution in [0.3, 0.4) is 0 Å². The Labute approximate surface area is 185 Å². The summed E-state index contributed by atoms with van der Waals surface area (Å²) in [6.07, 6.45) is 4.96. The van der Waals surface area contributed by atoms with Crippen molar-refractivity contribution in [2.75, 3.05) is 38.2 Å². The number of ether oxygens (including phenoxy) is 1. The zero-order valence-electron chi connectivity index (χ0n) is 17.6. The number of amides is 1. The number of hydrogen-bond donors (Lipinski definition) is 1. The van der Waals surface area contributed by atoms with Crippen LogP contribution in [0.2, 0.25) is 0 Å². The highest BCUT2D eigenvalue weighted by Crippen LogP contribution is 2.51. The van der Waals surface area contributed by atoms with E-state index in [4.69, 9.17) is 10.5 Å². The van der Waals surface area contributed by atoms with E-state index in [0.29, 0.717) is 34.8 Å². The smallest absolute Gasteiger partial charge is 0.248 e. The Hall–Kier alpha value is -1.15. The molecule has 2 aliphatic heterocycles. The summed E-state index contributed by atoms with van der Waals surface area (Å²) in [5.74, 6) is 1.44. The molecule has 3 atom stereocenters. The summed E-state index contributed by atoms with van der Waals surface area (Å²) >= 11 is 0. The van der Waals surface area contributed by atoms with E-state index in [2.05, 4.69) is 11.0 Å². The zero-order chi connectivity index (χ0) is 20.6. The minimum Gasteiger partial charge on any atom is -0.373 e.